The number of methoxy groups -OCH3 is 1. The molecule has 21 heavy (non-hydrogen) atoms. The van der Waals surface area contributed by atoms with Gasteiger partial charge in [0.2, 0.25) is 0 Å². The molecule has 114 valence electrons. The summed E-state index contributed by atoms with van der Waals surface area (Å²) in [4.78, 5) is 2.22. The first-order valence-electron chi connectivity index (χ1n) is 7.25. The molecule has 0 aliphatic carbocycles. The Labute approximate surface area is 125 Å². The van der Waals surface area contributed by atoms with E-state index in [0.717, 1.165) is 30.1 Å². The van der Waals surface area contributed by atoms with E-state index >= 15 is 0 Å². The maximum atomic E-state index is 5.44. The Morgan fingerprint density at radius 3 is 2.81 bits per heavy atom. The van der Waals surface area contributed by atoms with Gasteiger partial charge in [0.25, 0.3) is 0 Å². The Morgan fingerprint density at radius 2 is 2.10 bits per heavy atom. The average Bonchev–Trinajstić information content (AvgIpc) is 2.94. The number of rotatable bonds is 7. The molecule has 0 spiro atoms. The van der Waals surface area contributed by atoms with E-state index in [0.29, 0.717) is 6.54 Å². The molecule has 0 aliphatic heterocycles. The molecule has 0 aliphatic rings. The van der Waals surface area contributed by atoms with Crippen molar-refractivity contribution in [2.75, 3.05) is 14.2 Å². The minimum absolute atomic E-state index is 0.216. The highest BCUT2D eigenvalue weighted by Gasteiger charge is 2.18. The van der Waals surface area contributed by atoms with Gasteiger partial charge < -0.3 is 4.74 Å². The van der Waals surface area contributed by atoms with Crippen LogP contribution in [0.5, 0.6) is 5.75 Å². The van der Waals surface area contributed by atoms with Crippen molar-refractivity contribution in [1.82, 2.24) is 25.1 Å². The van der Waals surface area contributed by atoms with Crippen molar-refractivity contribution >= 4 is 0 Å². The van der Waals surface area contributed by atoms with E-state index < -0.39 is 0 Å². The SMILES string of the molecule is CCCn1nnnc1CN(C)[C@@H](C)c1ccccc1OC. The van der Waals surface area contributed by atoms with Crippen LogP contribution in [0.2, 0.25) is 0 Å². The van der Waals surface area contributed by atoms with E-state index in [-0.39, 0.29) is 6.04 Å². The lowest BCUT2D eigenvalue weighted by Crippen LogP contribution is -2.24. The molecule has 0 fully saturated rings. The highest BCUT2D eigenvalue weighted by atomic mass is 16.5. The van der Waals surface area contributed by atoms with Gasteiger partial charge >= 0.3 is 0 Å². The van der Waals surface area contributed by atoms with Crippen LogP contribution in [0.1, 0.15) is 37.7 Å². The zero-order valence-electron chi connectivity index (χ0n) is 13.2. The average molecular weight is 289 g/mol. The van der Waals surface area contributed by atoms with Gasteiger partial charge in [0.05, 0.1) is 13.7 Å². The van der Waals surface area contributed by atoms with Crippen molar-refractivity contribution in [3.8, 4) is 5.75 Å². The van der Waals surface area contributed by atoms with Gasteiger partial charge in [0, 0.05) is 18.2 Å². The summed E-state index contributed by atoms with van der Waals surface area (Å²) < 4.78 is 7.31. The highest BCUT2D eigenvalue weighted by molar-refractivity contribution is 5.35. The molecule has 1 aromatic carbocycles. The summed E-state index contributed by atoms with van der Waals surface area (Å²) >= 11 is 0. The van der Waals surface area contributed by atoms with Gasteiger partial charge in [-0.15, -0.1) is 5.10 Å². The summed E-state index contributed by atoms with van der Waals surface area (Å²) in [6, 6.07) is 8.31. The molecule has 2 rings (SSSR count). The number of tetrazole rings is 1. The third-order valence-corrected chi connectivity index (χ3v) is 3.68. The van der Waals surface area contributed by atoms with Crippen LogP contribution in [0, 0.1) is 0 Å². The standard InChI is InChI=1S/C15H23N5O/c1-5-10-20-15(16-17-18-20)11-19(3)12(2)13-8-6-7-9-14(13)21-4/h6-9,12H,5,10-11H2,1-4H3/t12-/m0/s1. The summed E-state index contributed by atoms with van der Waals surface area (Å²) in [5.74, 6) is 1.80. The molecule has 0 unspecified atom stereocenters. The number of para-hydroxylation sites is 1. The van der Waals surface area contributed by atoms with Gasteiger partial charge in [-0.3, -0.25) is 4.90 Å². The molecular formula is C15H23N5O. The molecular weight excluding hydrogens is 266 g/mol. The van der Waals surface area contributed by atoms with Crippen LogP contribution in [0.25, 0.3) is 0 Å². The first kappa shape index (κ1) is 15.4. The molecule has 0 bridgehead atoms. The number of benzene rings is 1. The molecule has 0 saturated heterocycles. The monoisotopic (exact) mass is 289 g/mol. The van der Waals surface area contributed by atoms with E-state index in [1.54, 1.807) is 7.11 Å². The summed E-state index contributed by atoms with van der Waals surface area (Å²) in [6.07, 6.45) is 1.02. The maximum absolute atomic E-state index is 5.44. The zero-order chi connectivity index (χ0) is 15.2. The number of aromatic nitrogens is 4. The van der Waals surface area contributed by atoms with Gasteiger partial charge in [-0.2, -0.15) is 0 Å². The largest absolute Gasteiger partial charge is 0.496 e. The molecule has 0 radical (unpaired) electrons. The minimum Gasteiger partial charge on any atom is -0.496 e. The molecule has 1 aromatic heterocycles. The molecule has 6 heteroatoms. The Kier molecular flexibility index (Phi) is 5.27. The summed E-state index contributed by atoms with van der Waals surface area (Å²) in [7, 11) is 3.77. The second kappa shape index (κ2) is 7.17. The maximum Gasteiger partial charge on any atom is 0.165 e. The van der Waals surface area contributed by atoms with E-state index in [1.807, 2.05) is 22.9 Å². The van der Waals surface area contributed by atoms with Gasteiger partial charge in [0.15, 0.2) is 5.82 Å². The second-order valence-electron chi connectivity index (χ2n) is 5.15. The van der Waals surface area contributed by atoms with Crippen molar-refractivity contribution in [3.05, 3.63) is 35.7 Å². The molecule has 0 N–H and O–H groups in total. The molecule has 1 heterocycles. The lowest BCUT2D eigenvalue weighted by Gasteiger charge is -2.25. The van der Waals surface area contributed by atoms with E-state index in [9.17, 15) is 0 Å². The first-order chi connectivity index (χ1) is 10.2. The molecule has 0 saturated carbocycles. The lowest BCUT2D eigenvalue weighted by atomic mass is 10.1. The smallest absolute Gasteiger partial charge is 0.165 e. The lowest BCUT2D eigenvalue weighted by molar-refractivity contribution is 0.236. The Morgan fingerprint density at radius 1 is 1.33 bits per heavy atom. The fourth-order valence-corrected chi connectivity index (χ4v) is 2.33. The molecule has 0 amide bonds. The van der Waals surface area contributed by atoms with Crippen LogP contribution in [0.15, 0.2) is 24.3 Å². The van der Waals surface area contributed by atoms with Crippen molar-refractivity contribution in [2.45, 2.75) is 39.4 Å². The summed E-state index contributed by atoms with van der Waals surface area (Å²) in [5, 5.41) is 11.9. The van der Waals surface area contributed by atoms with E-state index in [2.05, 4.69) is 47.4 Å². The van der Waals surface area contributed by atoms with Gasteiger partial charge in [-0.05, 0) is 36.9 Å². The number of ether oxygens (including phenoxy) is 1. The Bertz CT molecular complexity index is 569. The second-order valence-corrected chi connectivity index (χ2v) is 5.15. The number of nitrogens with zero attached hydrogens (tertiary/aromatic N) is 5. The van der Waals surface area contributed by atoms with Crippen molar-refractivity contribution in [2.24, 2.45) is 0 Å². The van der Waals surface area contributed by atoms with Gasteiger partial charge in [0.1, 0.15) is 5.75 Å². The third-order valence-electron chi connectivity index (χ3n) is 3.68. The van der Waals surface area contributed by atoms with Crippen molar-refractivity contribution in [3.63, 3.8) is 0 Å². The normalized spacial score (nSPS) is 12.6. The van der Waals surface area contributed by atoms with Crippen LogP contribution < -0.4 is 4.74 Å². The summed E-state index contributed by atoms with van der Waals surface area (Å²) in [6.45, 7) is 5.82. The molecule has 6 nitrogen and oxygen atoms in total. The van der Waals surface area contributed by atoms with Crippen molar-refractivity contribution < 1.29 is 4.74 Å². The Hall–Kier alpha value is -1.95. The van der Waals surface area contributed by atoms with Crippen LogP contribution >= 0.6 is 0 Å². The number of aryl methyl sites for hydroxylation is 1. The fourth-order valence-electron chi connectivity index (χ4n) is 2.33. The fraction of sp³-hybridized carbons (Fsp3) is 0.533. The van der Waals surface area contributed by atoms with Gasteiger partial charge in [-0.25, -0.2) is 4.68 Å². The topological polar surface area (TPSA) is 56.1 Å². The zero-order valence-corrected chi connectivity index (χ0v) is 13.2. The predicted octanol–water partition coefficient (Wildman–Crippen LogP) is 2.28. The quantitative estimate of drug-likeness (QED) is 0.782. The molecule has 2 aromatic rings. The third kappa shape index (κ3) is 3.58. The van der Waals surface area contributed by atoms with Crippen LogP contribution in [0.3, 0.4) is 0 Å². The molecule has 1 atom stereocenters. The van der Waals surface area contributed by atoms with Crippen molar-refractivity contribution in [1.29, 1.82) is 0 Å². The minimum atomic E-state index is 0.216. The van der Waals surface area contributed by atoms with Crippen LogP contribution in [-0.4, -0.2) is 39.3 Å². The van der Waals surface area contributed by atoms with Gasteiger partial charge in [-0.1, -0.05) is 25.1 Å². The van der Waals surface area contributed by atoms with Crippen LogP contribution in [0.4, 0.5) is 0 Å². The highest BCUT2D eigenvalue weighted by Crippen LogP contribution is 2.28. The summed E-state index contributed by atoms with van der Waals surface area (Å²) in [5.41, 5.74) is 1.16. The number of hydrogen-bond donors (Lipinski definition) is 0. The van der Waals surface area contributed by atoms with E-state index in [4.69, 9.17) is 4.74 Å². The number of hydrogen-bond acceptors (Lipinski definition) is 5. The Balaban J connectivity index is 2.12. The van der Waals surface area contributed by atoms with E-state index in [1.165, 1.54) is 0 Å². The van der Waals surface area contributed by atoms with Crippen LogP contribution in [-0.2, 0) is 13.1 Å². The first-order valence-corrected chi connectivity index (χ1v) is 7.25. The predicted molar refractivity (Wildman–Crippen MR) is 81.0 cm³/mol.